The van der Waals surface area contributed by atoms with Gasteiger partial charge in [-0.05, 0) is 59.3 Å². The Morgan fingerprint density at radius 2 is 1.92 bits per heavy atom. The molecule has 4 N–H and O–H groups in total. The first-order chi connectivity index (χ1) is 17.5. The maximum absolute atomic E-state index is 9.61. The van der Waals surface area contributed by atoms with E-state index in [9.17, 15) is 5.11 Å². The van der Waals surface area contributed by atoms with E-state index >= 15 is 0 Å². The molecule has 12 heteroatoms. The SMILES string of the molecule is Nc1ncnc2c1nc(Sc1cc3c(cc1Br)OCCO3)n2CCC1CCN(c2ccc(O)[nH]2)CC1. The normalized spacial score (nSPS) is 16.1. The first kappa shape index (κ1) is 23.3. The number of nitrogens with two attached hydrogens (primary N) is 1. The van der Waals surface area contributed by atoms with E-state index in [0.717, 1.165) is 76.4 Å². The van der Waals surface area contributed by atoms with Gasteiger partial charge in [-0.2, -0.15) is 0 Å². The number of anilines is 2. The summed E-state index contributed by atoms with van der Waals surface area (Å²) in [6.45, 7) is 3.77. The van der Waals surface area contributed by atoms with Crippen LogP contribution in [0.4, 0.5) is 11.6 Å². The number of nitrogen functional groups attached to an aromatic ring is 1. The predicted molar refractivity (Wildman–Crippen MR) is 141 cm³/mol. The number of nitrogens with one attached hydrogen (secondary N) is 1. The smallest absolute Gasteiger partial charge is 0.189 e. The fourth-order valence-corrected chi connectivity index (χ4v) is 6.28. The van der Waals surface area contributed by atoms with Crippen LogP contribution in [-0.2, 0) is 6.54 Å². The number of benzene rings is 1. The van der Waals surface area contributed by atoms with Gasteiger partial charge in [-0.25, -0.2) is 15.0 Å². The van der Waals surface area contributed by atoms with Gasteiger partial charge in [0.25, 0.3) is 0 Å². The number of aryl methyl sites for hydroxylation is 1. The van der Waals surface area contributed by atoms with Gasteiger partial charge >= 0.3 is 0 Å². The van der Waals surface area contributed by atoms with E-state index in [2.05, 4.69) is 40.3 Å². The van der Waals surface area contributed by atoms with Gasteiger partial charge < -0.3 is 34.8 Å². The highest BCUT2D eigenvalue weighted by molar-refractivity contribution is 9.10. The van der Waals surface area contributed by atoms with Crippen LogP contribution in [0.1, 0.15) is 19.3 Å². The molecule has 6 rings (SSSR count). The highest BCUT2D eigenvalue weighted by Gasteiger charge is 2.23. The number of H-pyrrole nitrogens is 1. The molecule has 2 aliphatic heterocycles. The number of hydrogen-bond donors (Lipinski definition) is 3. The summed E-state index contributed by atoms with van der Waals surface area (Å²) in [5, 5.41) is 10.4. The van der Waals surface area contributed by atoms with Crippen LogP contribution in [0.25, 0.3) is 11.2 Å². The minimum absolute atomic E-state index is 0.204. The summed E-state index contributed by atoms with van der Waals surface area (Å²) in [6, 6.07) is 7.54. The van der Waals surface area contributed by atoms with Crippen LogP contribution < -0.4 is 20.1 Å². The lowest BCUT2D eigenvalue weighted by Gasteiger charge is -2.32. The van der Waals surface area contributed by atoms with Crippen molar-refractivity contribution in [2.24, 2.45) is 5.92 Å². The number of aromatic nitrogens is 5. The Bertz CT molecular complexity index is 1400. The molecule has 4 aromatic rings. The van der Waals surface area contributed by atoms with Gasteiger partial charge in [0.1, 0.15) is 25.4 Å². The second kappa shape index (κ2) is 9.74. The van der Waals surface area contributed by atoms with Gasteiger partial charge in [0, 0.05) is 35.1 Å². The van der Waals surface area contributed by atoms with Crippen molar-refractivity contribution in [1.82, 2.24) is 24.5 Å². The van der Waals surface area contributed by atoms with E-state index < -0.39 is 0 Å². The zero-order chi connectivity index (χ0) is 24.6. The lowest BCUT2D eigenvalue weighted by atomic mass is 9.93. The van der Waals surface area contributed by atoms with Crippen molar-refractivity contribution >= 4 is 50.5 Å². The number of aromatic hydroxyl groups is 1. The van der Waals surface area contributed by atoms with Gasteiger partial charge in [-0.1, -0.05) is 11.8 Å². The van der Waals surface area contributed by atoms with Gasteiger partial charge in [-0.3, -0.25) is 0 Å². The van der Waals surface area contributed by atoms with E-state index in [1.807, 2.05) is 18.2 Å². The first-order valence-electron chi connectivity index (χ1n) is 11.9. The van der Waals surface area contributed by atoms with Crippen molar-refractivity contribution in [3.05, 3.63) is 35.1 Å². The second-order valence-corrected chi connectivity index (χ2v) is 10.8. The standard InChI is InChI=1S/C24H26BrN7O3S/c25-15-11-16-17(35-10-9-34-16)12-18(15)36-24-30-21-22(26)27-13-28-23(21)32(24)8-5-14-3-6-31(7-4-14)19-1-2-20(33)29-19/h1-2,11-14,29,33H,3-10H2,(H2,26,27,28). The number of hydrogen-bond acceptors (Lipinski definition) is 9. The van der Waals surface area contributed by atoms with E-state index in [4.69, 9.17) is 20.2 Å². The molecule has 1 fully saturated rings. The van der Waals surface area contributed by atoms with Crippen molar-refractivity contribution in [2.75, 3.05) is 36.9 Å². The molecule has 0 unspecified atom stereocenters. The Kier molecular flexibility index (Phi) is 6.30. The summed E-state index contributed by atoms with van der Waals surface area (Å²) >= 11 is 5.22. The number of imidazole rings is 1. The van der Waals surface area contributed by atoms with Crippen LogP contribution in [0.15, 0.2) is 45.1 Å². The van der Waals surface area contributed by atoms with Crippen LogP contribution in [0, 0.1) is 5.92 Å². The lowest BCUT2D eigenvalue weighted by Crippen LogP contribution is -2.34. The van der Waals surface area contributed by atoms with Crippen molar-refractivity contribution < 1.29 is 14.6 Å². The minimum atomic E-state index is 0.204. The maximum Gasteiger partial charge on any atom is 0.189 e. The molecule has 10 nitrogen and oxygen atoms in total. The largest absolute Gasteiger partial charge is 0.495 e. The third kappa shape index (κ3) is 4.55. The average molecular weight is 572 g/mol. The molecule has 1 aromatic carbocycles. The Hall–Kier alpha value is -3.12. The van der Waals surface area contributed by atoms with Gasteiger partial charge in [0.05, 0.1) is 0 Å². The Labute approximate surface area is 220 Å². The highest BCUT2D eigenvalue weighted by Crippen LogP contribution is 2.42. The van der Waals surface area contributed by atoms with Crippen LogP contribution in [-0.4, -0.2) is 55.9 Å². The zero-order valence-corrected chi connectivity index (χ0v) is 21.9. The molecule has 5 heterocycles. The van der Waals surface area contributed by atoms with Crippen molar-refractivity contribution in [1.29, 1.82) is 0 Å². The van der Waals surface area contributed by atoms with Gasteiger partial charge in [0.2, 0.25) is 0 Å². The van der Waals surface area contributed by atoms with Crippen molar-refractivity contribution in [2.45, 2.75) is 35.9 Å². The van der Waals surface area contributed by atoms with E-state index in [0.29, 0.717) is 30.5 Å². The molecule has 0 spiro atoms. The third-order valence-corrected chi connectivity index (χ3v) is 8.67. The highest BCUT2D eigenvalue weighted by atomic mass is 79.9. The van der Waals surface area contributed by atoms with Gasteiger partial charge in [0.15, 0.2) is 39.5 Å². The summed E-state index contributed by atoms with van der Waals surface area (Å²) in [5.74, 6) is 3.61. The molecular weight excluding hydrogens is 546 g/mol. The zero-order valence-electron chi connectivity index (χ0n) is 19.5. The number of ether oxygens (including phenoxy) is 2. The monoisotopic (exact) mass is 571 g/mol. The van der Waals surface area contributed by atoms with E-state index in [1.165, 1.54) is 6.33 Å². The molecule has 3 aromatic heterocycles. The summed E-state index contributed by atoms with van der Waals surface area (Å²) in [4.78, 5) is 19.8. The molecule has 188 valence electrons. The van der Waals surface area contributed by atoms with Crippen LogP contribution in [0.5, 0.6) is 17.4 Å². The molecule has 2 aliphatic rings. The number of piperidine rings is 1. The van der Waals surface area contributed by atoms with Crippen LogP contribution in [0.2, 0.25) is 0 Å². The molecule has 0 radical (unpaired) electrons. The van der Waals surface area contributed by atoms with E-state index in [1.54, 1.807) is 17.8 Å². The number of fused-ring (bicyclic) bond motifs is 2. The molecule has 1 saturated heterocycles. The molecule has 36 heavy (non-hydrogen) atoms. The average Bonchev–Trinajstić information content (AvgIpc) is 3.47. The fourth-order valence-electron chi connectivity index (χ4n) is 4.77. The lowest BCUT2D eigenvalue weighted by molar-refractivity contribution is 0.171. The van der Waals surface area contributed by atoms with Crippen LogP contribution >= 0.6 is 27.7 Å². The third-order valence-electron chi connectivity index (χ3n) is 6.69. The summed E-state index contributed by atoms with van der Waals surface area (Å²) < 4.78 is 14.6. The molecular formula is C24H26BrN7O3S. The Morgan fingerprint density at radius 3 is 2.67 bits per heavy atom. The summed E-state index contributed by atoms with van der Waals surface area (Å²) in [7, 11) is 0. The number of aromatic amines is 1. The molecule has 0 bridgehead atoms. The summed E-state index contributed by atoms with van der Waals surface area (Å²) in [5.41, 5.74) is 7.52. The molecule has 0 amide bonds. The molecule has 0 aliphatic carbocycles. The topological polar surface area (TPSA) is 127 Å². The Morgan fingerprint density at radius 1 is 1.14 bits per heavy atom. The second-order valence-electron chi connectivity index (χ2n) is 8.95. The van der Waals surface area contributed by atoms with Gasteiger partial charge in [-0.15, -0.1) is 0 Å². The Balaban J connectivity index is 1.21. The minimum Gasteiger partial charge on any atom is -0.495 e. The first-order valence-corrected chi connectivity index (χ1v) is 13.5. The van der Waals surface area contributed by atoms with Crippen LogP contribution in [0.3, 0.4) is 0 Å². The molecule has 0 saturated carbocycles. The number of rotatable bonds is 6. The summed E-state index contributed by atoms with van der Waals surface area (Å²) in [6.07, 6.45) is 4.67. The predicted octanol–water partition coefficient (Wildman–Crippen LogP) is 4.43. The number of nitrogens with zero attached hydrogens (tertiary/aromatic N) is 5. The maximum atomic E-state index is 9.61. The fraction of sp³-hybridized carbons (Fsp3) is 0.375. The number of halogens is 1. The van der Waals surface area contributed by atoms with Crippen molar-refractivity contribution in [3.63, 3.8) is 0 Å². The quantitative estimate of drug-likeness (QED) is 0.307. The van der Waals surface area contributed by atoms with Crippen molar-refractivity contribution in [3.8, 4) is 17.4 Å². The molecule has 0 atom stereocenters. The van der Waals surface area contributed by atoms with E-state index in [-0.39, 0.29) is 5.88 Å².